The Morgan fingerprint density at radius 3 is 2.41 bits per heavy atom. The minimum absolute atomic E-state index is 0.146. The molecule has 0 bridgehead atoms. The maximum atomic E-state index is 14.0. The molecular weight excluding hydrogens is 455 g/mol. The Balaban J connectivity index is 1.65. The van der Waals surface area contributed by atoms with E-state index in [0.717, 1.165) is 16.1 Å². The van der Waals surface area contributed by atoms with Gasteiger partial charge in [-0.3, -0.25) is 9.10 Å². The van der Waals surface area contributed by atoms with Gasteiger partial charge in [0.15, 0.2) is 6.61 Å². The molecule has 0 atom stereocenters. The minimum atomic E-state index is -3.66. The maximum absolute atomic E-state index is 14.0. The number of halogens is 2. The average Bonchev–Trinajstić information content (AvgIpc) is 2.74. The van der Waals surface area contributed by atoms with Crippen molar-refractivity contribution in [2.24, 2.45) is 0 Å². The molecule has 0 aromatic heterocycles. The van der Waals surface area contributed by atoms with E-state index in [4.69, 9.17) is 16.3 Å². The third-order valence-electron chi connectivity index (χ3n) is 4.62. The first kappa shape index (κ1) is 23.6. The van der Waals surface area contributed by atoms with Crippen LogP contribution < -0.4 is 14.4 Å². The number of carbonyl (C=O) groups is 1. The van der Waals surface area contributed by atoms with Gasteiger partial charge in [0.05, 0.1) is 18.5 Å². The maximum Gasteiger partial charge on any atom is 0.262 e. The normalized spacial score (nSPS) is 11.1. The molecule has 0 aliphatic heterocycles. The Kier molecular flexibility index (Phi) is 7.37. The van der Waals surface area contributed by atoms with Gasteiger partial charge >= 0.3 is 0 Å². The number of anilines is 2. The number of hydrogen-bond donors (Lipinski definition) is 1. The van der Waals surface area contributed by atoms with Gasteiger partial charge in [-0.05, 0) is 55.0 Å². The van der Waals surface area contributed by atoms with Crippen LogP contribution in [-0.4, -0.2) is 27.2 Å². The molecule has 0 unspecified atom stereocenters. The van der Waals surface area contributed by atoms with E-state index in [9.17, 15) is 17.6 Å². The fraction of sp³-hybridized carbons (Fsp3) is 0.174. The summed E-state index contributed by atoms with van der Waals surface area (Å²) in [5, 5.41) is 3.24. The molecule has 1 N–H and O–H groups in total. The molecular formula is C23H22ClFN2O4S. The zero-order valence-electron chi connectivity index (χ0n) is 17.5. The number of rotatable bonds is 8. The summed E-state index contributed by atoms with van der Waals surface area (Å²) < 4.78 is 45.1. The zero-order valence-corrected chi connectivity index (χ0v) is 19.1. The first-order chi connectivity index (χ1) is 15.1. The van der Waals surface area contributed by atoms with Crippen LogP contribution in [0, 0.1) is 12.7 Å². The molecule has 0 spiro atoms. The fourth-order valence-electron chi connectivity index (χ4n) is 2.91. The molecule has 32 heavy (non-hydrogen) atoms. The van der Waals surface area contributed by atoms with Crippen LogP contribution in [0.2, 0.25) is 5.02 Å². The predicted octanol–water partition coefficient (Wildman–Crippen LogP) is 4.77. The van der Waals surface area contributed by atoms with Crippen LogP contribution in [0.4, 0.5) is 15.8 Å². The van der Waals surface area contributed by atoms with Gasteiger partial charge in [-0.1, -0.05) is 35.9 Å². The van der Waals surface area contributed by atoms with Crippen LogP contribution in [0.15, 0.2) is 66.7 Å². The van der Waals surface area contributed by atoms with Crippen molar-refractivity contribution >= 4 is 38.9 Å². The molecule has 0 saturated carbocycles. The number of carbonyl (C=O) groups excluding carboxylic acids is 1. The second-order valence-corrected chi connectivity index (χ2v) is 9.47. The molecule has 3 rings (SSSR count). The van der Waals surface area contributed by atoms with E-state index in [1.165, 1.54) is 24.3 Å². The van der Waals surface area contributed by atoms with Gasteiger partial charge < -0.3 is 10.1 Å². The lowest BCUT2D eigenvalue weighted by molar-refractivity contribution is -0.118. The first-order valence-corrected chi connectivity index (χ1v) is 11.9. The number of amides is 1. The van der Waals surface area contributed by atoms with Crippen LogP contribution in [0.5, 0.6) is 5.75 Å². The van der Waals surface area contributed by atoms with Gasteiger partial charge in [0.25, 0.3) is 5.91 Å². The summed E-state index contributed by atoms with van der Waals surface area (Å²) in [4.78, 5) is 12.1. The Bertz CT molecular complexity index is 1220. The van der Waals surface area contributed by atoms with Crippen molar-refractivity contribution in [3.63, 3.8) is 0 Å². The highest BCUT2D eigenvalue weighted by Gasteiger charge is 2.19. The summed E-state index contributed by atoms with van der Waals surface area (Å²) in [7, 11) is -3.66. The lowest BCUT2D eigenvalue weighted by atomic mass is 10.2. The monoisotopic (exact) mass is 476 g/mol. The number of hydrogen-bond acceptors (Lipinski definition) is 4. The van der Waals surface area contributed by atoms with Crippen molar-refractivity contribution in [1.29, 1.82) is 0 Å². The lowest BCUT2D eigenvalue weighted by Gasteiger charge is -2.23. The molecule has 6 nitrogen and oxygen atoms in total. The highest BCUT2D eigenvalue weighted by Crippen LogP contribution is 2.25. The number of aryl methyl sites for hydroxylation is 1. The molecule has 0 saturated heterocycles. The summed E-state index contributed by atoms with van der Waals surface area (Å²) in [5.74, 6) is -0.474. The summed E-state index contributed by atoms with van der Waals surface area (Å²) in [6, 6.07) is 17.4. The van der Waals surface area contributed by atoms with Crippen molar-refractivity contribution in [2.45, 2.75) is 13.5 Å². The van der Waals surface area contributed by atoms with Crippen LogP contribution in [0.25, 0.3) is 0 Å². The minimum Gasteiger partial charge on any atom is -0.484 e. The molecule has 0 aliphatic carbocycles. The Morgan fingerprint density at radius 1 is 1.09 bits per heavy atom. The van der Waals surface area contributed by atoms with E-state index in [1.807, 2.05) is 6.92 Å². The fourth-order valence-corrected chi connectivity index (χ4v) is 3.97. The van der Waals surface area contributed by atoms with Crippen molar-refractivity contribution in [3.8, 4) is 5.75 Å². The van der Waals surface area contributed by atoms with Crippen LogP contribution >= 0.6 is 11.6 Å². The summed E-state index contributed by atoms with van der Waals surface area (Å²) in [6.07, 6.45) is 1.06. The lowest BCUT2D eigenvalue weighted by Crippen LogP contribution is -2.29. The Labute approximate surface area is 191 Å². The standard InChI is InChI=1S/C23H22ClFN2O4S/c1-16-7-8-18(13-21(16)24)26-23(28)15-31-20-11-9-19(10-12-20)27(32(2,29)30)14-17-5-3-4-6-22(17)25/h3-13H,14-15H2,1-2H3,(H,26,28). The van der Waals surface area contributed by atoms with Crippen LogP contribution in [-0.2, 0) is 21.4 Å². The molecule has 0 heterocycles. The van der Waals surface area contributed by atoms with Crippen molar-refractivity contribution < 1.29 is 22.3 Å². The first-order valence-electron chi connectivity index (χ1n) is 9.63. The molecule has 0 fully saturated rings. The van der Waals surface area contributed by atoms with E-state index in [1.54, 1.807) is 42.5 Å². The quantitative estimate of drug-likeness (QED) is 0.508. The van der Waals surface area contributed by atoms with Gasteiger partial charge in [0, 0.05) is 16.3 Å². The molecule has 168 valence electrons. The molecule has 1 amide bonds. The van der Waals surface area contributed by atoms with E-state index >= 15 is 0 Å². The van der Waals surface area contributed by atoms with E-state index in [2.05, 4.69) is 5.32 Å². The Morgan fingerprint density at radius 2 is 1.78 bits per heavy atom. The number of nitrogens with one attached hydrogen (secondary N) is 1. The topological polar surface area (TPSA) is 75.7 Å². The van der Waals surface area contributed by atoms with Crippen molar-refractivity contribution in [1.82, 2.24) is 0 Å². The molecule has 3 aromatic rings. The number of sulfonamides is 1. The Hall–Kier alpha value is -3.10. The number of benzene rings is 3. The van der Waals surface area contributed by atoms with Crippen molar-refractivity contribution in [2.75, 3.05) is 22.5 Å². The van der Waals surface area contributed by atoms with Crippen LogP contribution in [0.1, 0.15) is 11.1 Å². The van der Waals surface area contributed by atoms with Gasteiger partial charge in [-0.15, -0.1) is 0 Å². The van der Waals surface area contributed by atoms with E-state index in [-0.39, 0.29) is 24.6 Å². The van der Waals surface area contributed by atoms with Crippen LogP contribution in [0.3, 0.4) is 0 Å². The smallest absolute Gasteiger partial charge is 0.262 e. The van der Waals surface area contributed by atoms with Gasteiger partial charge in [0.2, 0.25) is 10.0 Å². The van der Waals surface area contributed by atoms with E-state index < -0.39 is 15.8 Å². The largest absolute Gasteiger partial charge is 0.484 e. The highest BCUT2D eigenvalue weighted by molar-refractivity contribution is 7.92. The zero-order chi connectivity index (χ0) is 23.3. The third kappa shape index (κ3) is 6.21. The second-order valence-electron chi connectivity index (χ2n) is 7.16. The molecule has 0 aliphatic rings. The van der Waals surface area contributed by atoms with Gasteiger partial charge in [-0.25, -0.2) is 12.8 Å². The van der Waals surface area contributed by atoms with Gasteiger partial charge in [0.1, 0.15) is 11.6 Å². The highest BCUT2D eigenvalue weighted by atomic mass is 35.5. The third-order valence-corrected chi connectivity index (χ3v) is 6.17. The van der Waals surface area contributed by atoms with Crippen molar-refractivity contribution in [3.05, 3.63) is 88.7 Å². The second kappa shape index (κ2) is 10.0. The predicted molar refractivity (Wildman–Crippen MR) is 124 cm³/mol. The summed E-state index contributed by atoms with van der Waals surface area (Å²) >= 11 is 6.05. The van der Waals surface area contributed by atoms with E-state index in [0.29, 0.717) is 22.1 Å². The molecule has 3 aromatic carbocycles. The summed E-state index contributed by atoms with van der Waals surface area (Å²) in [6.45, 7) is 1.48. The number of nitrogens with zero attached hydrogens (tertiary/aromatic N) is 1. The summed E-state index contributed by atoms with van der Waals surface area (Å²) in [5.41, 5.74) is 2.06. The SMILES string of the molecule is Cc1ccc(NC(=O)COc2ccc(N(Cc3ccccc3F)S(C)(=O)=O)cc2)cc1Cl. The van der Waals surface area contributed by atoms with Gasteiger partial charge in [-0.2, -0.15) is 0 Å². The molecule has 9 heteroatoms. The number of ether oxygens (including phenoxy) is 1. The average molecular weight is 477 g/mol. The molecule has 0 radical (unpaired) electrons.